The number of piperidine rings is 1. The molecule has 0 saturated carbocycles. The highest BCUT2D eigenvalue weighted by Crippen LogP contribution is 2.26. The zero-order chi connectivity index (χ0) is 17.9. The summed E-state index contributed by atoms with van der Waals surface area (Å²) in [6.45, 7) is 1.43. The molecule has 1 aromatic carbocycles. The average molecular weight is 367 g/mol. The Kier molecular flexibility index (Phi) is 4.71. The lowest BCUT2D eigenvalue weighted by atomic mass is 9.97. The quantitative estimate of drug-likeness (QED) is 0.662. The number of aromatic nitrogens is 3. The van der Waals surface area contributed by atoms with Crippen LogP contribution >= 0.6 is 11.6 Å². The third-order valence-electron chi connectivity index (χ3n) is 4.71. The van der Waals surface area contributed by atoms with E-state index in [0.29, 0.717) is 11.6 Å². The molecule has 2 aromatic heterocycles. The van der Waals surface area contributed by atoms with Crippen molar-refractivity contribution in [1.29, 1.82) is 0 Å². The van der Waals surface area contributed by atoms with Gasteiger partial charge in [0.25, 0.3) is 0 Å². The molecule has 0 aliphatic carbocycles. The standard InChI is InChI=1S/C20H19ClN4O/c21-17-7-3-5-15(13-17)9-10-19(26)24-11-4-6-16(14-24)20-23-22-18-8-1-2-12-25(18)20/h1-3,5,7-10,12-13,16H,4,6,11,14H2/b10-9+/t16-/m1/s1. The minimum absolute atomic E-state index is 0.0171. The Morgan fingerprint density at radius 1 is 1.19 bits per heavy atom. The molecule has 1 saturated heterocycles. The van der Waals surface area contributed by atoms with Gasteiger partial charge in [0.05, 0.1) is 0 Å². The van der Waals surface area contributed by atoms with Crippen LogP contribution in [-0.2, 0) is 4.79 Å². The summed E-state index contributed by atoms with van der Waals surface area (Å²) in [4.78, 5) is 14.5. The van der Waals surface area contributed by atoms with E-state index in [-0.39, 0.29) is 11.8 Å². The molecule has 0 bridgehead atoms. The van der Waals surface area contributed by atoms with Gasteiger partial charge in [0, 0.05) is 36.3 Å². The van der Waals surface area contributed by atoms with Gasteiger partial charge in [0.2, 0.25) is 5.91 Å². The zero-order valence-electron chi connectivity index (χ0n) is 14.3. The second kappa shape index (κ2) is 7.30. The van der Waals surface area contributed by atoms with Crippen LogP contribution in [-0.4, -0.2) is 38.5 Å². The van der Waals surface area contributed by atoms with Crippen molar-refractivity contribution >= 4 is 29.2 Å². The number of benzene rings is 1. The smallest absolute Gasteiger partial charge is 0.246 e. The summed E-state index contributed by atoms with van der Waals surface area (Å²) in [6.07, 6.45) is 7.38. The van der Waals surface area contributed by atoms with Gasteiger partial charge in [0.15, 0.2) is 5.65 Å². The number of hydrogen-bond acceptors (Lipinski definition) is 3. The van der Waals surface area contributed by atoms with E-state index in [1.165, 1.54) is 0 Å². The molecule has 6 heteroatoms. The van der Waals surface area contributed by atoms with Crippen molar-refractivity contribution in [3.05, 3.63) is 71.1 Å². The minimum atomic E-state index is 0.0171. The second-order valence-corrected chi connectivity index (χ2v) is 6.94. The van der Waals surface area contributed by atoms with Gasteiger partial charge in [-0.15, -0.1) is 10.2 Å². The van der Waals surface area contributed by atoms with Crippen LogP contribution < -0.4 is 0 Å². The average Bonchev–Trinajstić information content (AvgIpc) is 3.10. The fourth-order valence-corrected chi connectivity index (χ4v) is 3.61. The van der Waals surface area contributed by atoms with E-state index in [1.54, 1.807) is 6.08 Å². The van der Waals surface area contributed by atoms with Crippen molar-refractivity contribution in [2.45, 2.75) is 18.8 Å². The summed E-state index contributed by atoms with van der Waals surface area (Å²) in [6, 6.07) is 13.3. The minimum Gasteiger partial charge on any atom is -0.338 e. The molecular formula is C20H19ClN4O. The molecule has 1 aliphatic heterocycles. The molecule has 0 unspecified atom stereocenters. The van der Waals surface area contributed by atoms with Crippen molar-refractivity contribution in [2.24, 2.45) is 0 Å². The van der Waals surface area contributed by atoms with Gasteiger partial charge >= 0.3 is 0 Å². The van der Waals surface area contributed by atoms with Crippen LogP contribution in [0.15, 0.2) is 54.7 Å². The Morgan fingerprint density at radius 2 is 2.12 bits per heavy atom. The lowest BCUT2D eigenvalue weighted by Crippen LogP contribution is -2.38. The van der Waals surface area contributed by atoms with Crippen molar-refractivity contribution < 1.29 is 4.79 Å². The van der Waals surface area contributed by atoms with Crippen LogP contribution in [0.1, 0.15) is 30.1 Å². The Bertz CT molecular complexity index is 965. The number of hydrogen-bond donors (Lipinski definition) is 0. The van der Waals surface area contributed by atoms with Gasteiger partial charge in [-0.1, -0.05) is 29.8 Å². The first-order valence-corrected chi connectivity index (χ1v) is 9.11. The lowest BCUT2D eigenvalue weighted by molar-refractivity contribution is -0.127. The number of carbonyl (C=O) groups excluding carboxylic acids is 1. The molecule has 3 heterocycles. The van der Waals surface area contributed by atoms with Gasteiger partial charge in [-0.2, -0.15) is 0 Å². The molecular weight excluding hydrogens is 348 g/mol. The molecule has 0 radical (unpaired) electrons. The summed E-state index contributed by atoms with van der Waals surface area (Å²) >= 11 is 5.99. The highest BCUT2D eigenvalue weighted by atomic mass is 35.5. The van der Waals surface area contributed by atoms with E-state index in [2.05, 4.69) is 10.2 Å². The van der Waals surface area contributed by atoms with E-state index in [4.69, 9.17) is 11.6 Å². The monoisotopic (exact) mass is 366 g/mol. The number of pyridine rings is 1. The Labute approximate surface area is 156 Å². The summed E-state index contributed by atoms with van der Waals surface area (Å²) in [5.74, 6) is 1.14. The Morgan fingerprint density at radius 3 is 3.00 bits per heavy atom. The highest BCUT2D eigenvalue weighted by molar-refractivity contribution is 6.30. The van der Waals surface area contributed by atoms with Crippen LogP contribution in [0.3, 0.4) is 0 Å². The fraction of sp³-hybridized carbons (Fsp3) is 0.250. The molecule has 1 aliphatic rings. The maximum Gasteiger partial charge on any atom is 0.246 e. The highest BCUT2D eigenvalue weighted by Gasteiger charge is 2.26. The maximum atomic E-state index is 12.6. The summed E-state index contributed by atoms with van der Waals surface area (Å²) in [7, 11) is 0. The van der Waals surface area contributed by atoms with E-state index >= 15 is 0 Å². The molecule has 1 amide bonds. The third kappa shape index (κ3) is 3.48. The zero-order valence-corrected chi connectivity index (χ0v) is 15.0. The topological polar surface area (TPSA) is 50.5 Å². The van der Waals surface area contributed by atoms with E-state index in [0.717, 1.165) is 36.4 Å². The number of nitrogens with zero attached hydrogens (tertiary/aromatic N) is 4. The number of rotatable bonds is 3. The van der Waals surface area contributed by atoms with Gasteiger partial charge in [0.1, 0.15) is 5.82 Å². The van der Waals surface area contributed by atoms with E-state index < -0.39 is 0 Å². The first-order chi connectivity index (χ1) is 12.7. The molecule has 3 aromatic rings. The van der Waals surface area contributed by atoms with Crippen LogP contribution in [0, 0.1) is 0 Å². The van der Waals surface area contributed by atoms with Gasteiger partial charge < -0.3 is 4.90 Å². The molecule has 4 rings (SSSR count). The van der Waals surface area contributed by atoms with Gasteiger partial charge in [-0.25, -0.2) is 0 Å². The molecule has 1 fully saturated rings. The number of carbonyl (C=O) groups is 1. The molecule has 5 nitrogen and oxygen atoms in total. The lowest BCUT2D eigenvalue weighted by Gasteiger charge is -2.31. The Hall–Kier alpha value is -2.66. The summed E-state index contributed by atoms with van der Waals surface area (Å²) in [5, 5.41) is 9.25. The SMILES string of the molecule is O=C(/C=C/c1cccc(Cl)c1)N1CCC[C@@H](c2nnc3ccccn23)C1. The number of amides is 1. The van der Waals surface area contributed by atoms with E-state index in [1.807, 2.05) is 64.0 Å². The number of halogens is 1. The maximum absolute atomic E-state index is 12.6. The van der Waals surface area contributed by atoms with Crippen molar-refractivity contribution in [3.63, 3.8) is 0 Å². The summed E-state index contributed by atoms with van der Waals surface area (Å²) in [5.41, 5.74) is 1.76. The van der Waals surface area contributed by atoms with Gasteiger partial charge in [-0.05, 0) is 48.7 Å². The summed E-state index contributed by atoms with van der Waals surface area (Å²) < 4.78 is 2.01. The third-order valence-corrected chi connectivity index (χ3v) is 4.94. The largest absolute Gasteiger partial charge is 0.338 e. The first kappa shape index (κ1) is 16.8. The normalized spacial score (nSPS) is 17.9. The fourth-order valence-electron chi connectivity index (χ4n) is 3.41. The molecule has 26 heavy (non-hydrogen) atoms. The van der Waals surface area contributed by atoms with Crippen molar-refractivity contribution in [2.75, 3.05) is 13.1 Å². The van der Waals surface area contributed by atoms with Gasteiger partial charge in [-0.3, -0.25) is 9.20 Å². The first-order valence-electron chi connectivity index (χ1n) is 8.73. The molecule has 0 spiro atoms. The van der Waals surface area contributed by atoms with Crippen LogP contribution in [0.5, 0.6) is 0 Å². The van der Waals surface area contributed by atoms with Crippen LogP contribution in [0.2, 0.25) is 5.02 Å². The van der Waals surface area contributed by atoms with Crippen LogP contribution in [0.4, 0.5) is 0 Å². The molecule has 1 atom stereocenters. The molecule has 132 valence electrons. The Balaban J connectivity index is 1.49. The second-order valence-electron chi connectivity index (χ2n) is 6.50. The number of fused-ring (bicyclic) bond motifs is 1. The predicted molar refractivity (Wildman–Crippen MR) is 102 cm³/mol. The van der Waals surface area contributed by atoms with Crippen LogP contribution in [0.25, 0.3) is 11.7 Å². The van der Waals surface area contributed by atoms with Crippen molar-refractivity contribution in [1.82, 2.24) is 19.5 Å². The van der Waals surface area contributed by atoms with Crippen molar-refractivity contribution in [3.8, 4) is 0 Å². The predicted octanol–water partition coefficient (Wildman–Crippen LogP) is 3.80. The number of likely N-dealkylation sites (tertiary alicyclic amines) is 1. The molecule has 0 N–H and O–H groups in total. The van der Waals surface area contributed by atoms with E-state index in [9.17, 15) is 4.79 Å².